The Morgan fingerprint density at radius 3 is 3.00 bits per heavy atom. The molecule has 1 aliphatic rings. The number of hydrogen-bond donors (Lipinski definition) is 1. The molecule has 9 nitrogen and oxygen atoms in total. The van der Waals surface area contributed by atoms with Crippen LogP contribution in [0.5, 0.6) is 11.5 Å². The molecule has 2 aromatic heterocycles. The molecule has 2 bridgehead atoms. The number of hydrogen-bond acceptors (Lipinski definition) is 7. The van der Waals surface area contributed by atoms with E-state index in [4.69, 9.17) is 9.47 Å². The minimum absolute atomic E-state index is 0.00102. The van der Waals surface area contributed by atoms with Crippen LogP contribution in [-0.4, -0.2) is 64.4 Å². The van der Waals surface area contributed by atoms with Crippen LogP contribution < -0.4 is 14.8 Å². The number of aromatic nitrogens is 4. The highest BCUT2D eigenvalue weighted by Crippen LogP contribution is 2.30. The van der Waals surface area contributed by atoms with Gasteiger partial charge in [-0.15, -0.1) is 10.2 Å². The van der Waals surface area contributed by atoms with Crippen molar-refractivity contribution in [2.75, 3.05) is 39.2 Å². The second-order valence-corrected chi connectivity index (χ2v) is 8.19. The minimum Gasteiger partial charge on any atom is -0.493 e. The summed E-state index contributed by atoms with van der Waals surface area (Å²) in [4.78, 5) is 19.6. The molecule has 174 valence electrons. The zero-order valence-electron chi connectivity index (χ0n) is 18.9. The molecule has 4 rings (SSSR count). The largest absolute Gasteiger partial charge is 0.493 e. The monoisotopic (exact) mass is 454 g/mol. The Bertz CT molecular complexity index is 1130. The van der Waals surface area contributed by atoms with E-state index in [-0.39, 0.29) is 29.7 Å². The van der Waals surface area contributed by atoms with Gasteiger partial charge in [-0.1, -0.05) is 6.07 Å². The van der Waals surface area contributed by atoms with Crippen LogP contribution in [-0.2, 0) is 0 Å². The van der Waals surface area contributed by atoms with E-state index in [1.807, 2.05) is 29.6 Å². The minimum atomic E-state index is -0.580. The summed E-state index contributed by atoms with van der Waals surface area (Å²) in [6, 6.07) is 7.96. The number of rotatable bonds is 4. The quantitative estimate of drug-likeness (QED) is 0.646. The lowest BCUT2D eigenvalue weighted by molar-refractivity contribution is 0.102. The Morgan fingerprint density at radius 2 is 2.18 bits per heavy atom. The smallest absolute Gasteiger partial charge is 0.260 e. The normalized spacial score (nSPS) is 16.3. The zero-order chi connectivity index (χ0) is 23.4. The molecular weight excluding hydrogens is 427 g/mol. The molecule has 0 radical (unpaired) electrons. The van der Waals surface area contributed by atoms with Crippen LogP contribution >= 0.6 is 0 Å². The molecule has 1 N–H and O–H groups in total. The van der Waals surface area contributed by atoms with Gasteiger partial charge >= 0.3 is 0 Å². The molecular formula is C23H27FN6O3. The summed E-state index contributed by atoms with van der Waals surface area (Å²) in [7, 11) is 3.80. The number of benzene rings is 1. The molecule has 0 saturated carbocycles. The maximum absolute atomic E-state index is 14.7. The summed E-state index contributed by atoms with van der Waals surface area (Å²) in [5.41, 5.74) is 0.772. The molecule has 33 heavy (non-hydrogen) atoms. The lowest BCUT2D eigenvalue weighted by Gasteiger charge is -2.18. The van der Waals surface area contributed by atoms with Crippen LogP contribution in [0.4, 0.5) is 10.2 Å². The van der Waals surface area contributed by atoms with E-state index in [1.165, 1.54) is 12.1 Å². The highest BCUT2D eigenvalue weighted by molar-refractivity contribution is 6.06. The van der Waals surface area contributed by atoms with E-state index < -0.39 is 11.7 Å². The van der Waals surface area contributed by atoms with Gasteiger partial charge in [0.25, 0.3) is 5.91 Å². The SMILES string of the molecule is CC1CCCOc2cc(F)c(OCCN(C)C)cc2C(=O)Nc2cccc(n2)-c2nncn21. The van der Waals surface area contributed by atoms with Gasteiger partial charge in [-0.3, -0.25) is 4.79 Å². The molecule has 1 aromatic carbocycles. The molecule has 10 heteroatoms. The van der Waals surface area contributed by atoms with E-state index in [0.29, 0.717) is 36.9 Å². The van der Waals surface area contributed by atoms with Crippen molar-refractivity contribution in [1.29, 1.82) is 0 Å². The molecule has 3 aromatic rings. The maximum atomic E-state index is 14.7. The third-order valence-electron chi connectivity index (χ3n) is 5.37. The van der Waals surface area contributed by atoms with Crippen molar-refractivity contribution in [2.45, 2.75) is 25.8 Å². The molecule has 0 fully saturated rings. The molecule has 1 aliphatic heterocycles. The van der Waals surface area contributed by atoms with Crippen molar-refractivity contribution in [3.05, 3.63) is 48.0 Å². The van der Waals surface area contributed by atoms with Crippen molar-refractivity contribution in [1.82, 2.24) is 24.6 Å². The first-order valence-electron chi connectivity index (χ1n) is 10.8. The molecule has 1 amide bonds. The van der Waals surface area contributed by atoms with Crippen LogP contribution in [0.1, 0.15) is 36.2 Å². The average molecular weight is 455 g/mol. The first kappa shape index (κ1) is 22.7. The molecule has 0 saturated heterocycles. The van der Waals surface area contributed by atoms with E-state index in [1.54, 1.807) is 18.5 Å². The molecule has 1 atom stereocenters. The highest BCUT2D eigenvalue weighted by Gasteiger charge is 2.21. The van der Waals surface area contributed by atoms with E-state index in [2.05, 4.69) is 27.4 Å². The predicted molar refractivity (Wildman–Crippen MR) is 121 cm³/mol. The second kappa shape index (κ2) is 9.95. The molecule has 0 spiro atoms. The first-order chi connectivity index (χ1) is 15.9. The van der Waals surface area contributed by atoms with Gasteiger partial charge in [-0.2, -0.15) is 0 Å². The highest BCUT2D eigenvalue weighted by atomic mass is 19.1. The number of anilines is 1. The second-order valence-electron chi connectivity index (χ2n) is 8.19. The third-order valence-corrected chi connectivity index (χ3v) is 5.37. The van der Waals surface area contributed by atoms with Crippen LogP contribution in [0.25, 0.3) is 11.5 Å². The number of amides is 1. The standard InChI is InChI=1S/C23H27FN6O3/c1-15-6-5-10-32-19-13-17(24)20(33-11-9-29(2)3)12-16(19)23(31)27-21-8-4-7-18(26-21)22-28-25-14-30(15)22/h4,7-8,12-15H,5-6,9-11H2,1-3H3,(H,26,27,31). The van der Waals surface area contributed by atoms with Gasteiger partial charge in [0.15, 0.2) is 17.4 Å². The number of carbonyl (C=O) groups excluding carboxylic acids is 1. The third kappa shape index (κ3) is 5.28. The van der Waals surface area contributed by atoms with Crippen LogP contribution in [0, 0.1) is 5.82 Å². The van der Waals surface area contributed by atoms with Gasteiger partial charge < -0.3 is 24.3 Å². The number of nitrogens with zero attached hydrogens (tertiary/aromatic N) is 5. The van der Waals surface area contributed by atoms with Crippen molar-refractivity contribution in [2.24, 2.45) is 0 Å². The number of fused-ring (bicyclic) bond motifs is 5. The Balaban J connectivity index is 1.68. The van der Waals surface area contributed by atoms with Gasteiger partial charge in [-0.25, -0.2) is 9.37 Å². The Morgan fingerprint density at radius 1 is 1.33 bits per heavy atom. The number of nitrogens with one attached hydrogen (secondary N) is 1. The maximum Gasteiger partial charge on any atom is 0.260 e. The van der Waals surface area contributed by atoms with E-state index in [9.17, 15) is 9.18 Å². The van der Waals surface area contributed by atoms with Crippen molar-refractivity contribution < 1.29 is 18.7 Å². The Kier molecular flexibility index (Phi) is 6.83. The number of pyridine rings is 1. The lowest BCUT2D eigenvalue weighted by atomic mass is 10.1. The summed E-state index contributed by atoms with van der Waals surface area (Å²) in [5.74, 6) is 0.0653. The van der Waals surface area contributed by atoms with Gasteiger partial charge in [0.05, 0.1) is 12.2 Å². The molecule has 3 heterocycles. The summed E-state index contributed by atoms with van der Waals surface area (Å²) < 4.78 is 28.0. The fourth-order valence-electron chi connectivity index (χ4n) is 3.54. The van der Waals surface area contributed by atoms with Gasteiger partial charge in [0.2, 0.25) is 0 Å². The summed E-state index contributed by atoms with van der Waals surface area (Å²) in [5, 5.41) is 11.0. The van der Waals surface area contributed by atoms with E-state index in [0.717, 1.165) is 6.42 Å². The number of carbonyl (C=O) groups is 1. The Labute approximate surface area is 191 Å². The average Bonchev–Trinajstić information content (AvgIpc) is 3.27. The molecule has 0 aliphatic carbocycles. The summed E-state index contributed by atoms with van der Waals surface area (Å²) >= 11 is 0. The molecule has 1 unspecified atom stereocenters. The van der Waals surface area contributed by atoms with Crippen LogP contribution in [0.3, 0.4) is 0 Å². The van der Waals surface area contributed by atoms with Crippen molar-refractivity contribution in [3.63, 3.8) is 0 Å². The Hall–Kier alpha value is -3.53. The van der Waals surface area contributed by atoms with E-state index >= 15 is 0 Å². The van der Waals surface area contributed by atoms with Crippen LogP contribution in [0.2, 0.25) is 0 Å². The number of ether oxygens (including phenoxy) is 2. The number of halogens is 1. The van der Waals surface area contributed by atoms with Gasteiger partial charge in [0, 0.05) is 18.7 Å². The summed E-state index contributed by atoms with van der Waals surface area (Å²) in [6.07, 6.45) is 3.14. The van der Waals surface area contributed by atoms with Gasteiger partial charge in [0.1, 0.15) is 30.2 Å². The fraction of sp³-hybridized carbons (Fsp3) is 0.391. The topological polar surface area (TPSA) is 94.4 Å². The van der Waals surface area contributed by atoms with Crippen molar-refractivity contribution >= 4 is 11.7 Å². The van der Waals surface area contributed by atoms with Crippen molar-refractivity contribution in [3.8, 4) is 23.0 Å². The predicted octanol–water partition coefficient (Wildman–Crippen LogP) is 3.41. The zero-order valence-corrected chi connectivity index (χ0v) is 18.9. The lowest BCUT2D eigenvalue weighted by Crippen LogP contribution is -2.20. The number of likely N-dealkylation sites (N-methyl/N-ethyl adjacent to an activating group) is 1. The van der Waals surface area contributed by atoms with Gasteiger partial charge in [-0.05, 0) is 52.1 Å². The first-order valence-corrected chi connectivity index (χ1v) is 10.8. The van der Waals surface area contributed by atoms with Crippen LogP contribution in [0.15, 0.2) is 36.7 Å². The fourth-order valence-corrected chi connectivity index (χ4v) is 3.54. The summed E-state index contributed by atoms with van der Waals surface area (Å²) in [6.45, 7) is 3.29.